The number of nitrogens with one attached hydrogen (secondary N) is 1. The standard InChI is InChI=1S/C10H14N2S/c1-2-7(3-1)8-4-12-10(8)9-5-11-6-13-9/h5-8,10,12H,1-4H2. The summed E-state index contributed by atoms with van der Waals surface area (Å²) in [4.78, 5) is 5.57. The molecule has 3 rings (SSSR count). The molecule has 13 heavy (non-hydrogen) atoms. The average molecular weight is 194 g/mol. The molecule has 2 unspecified atom stereocenters. The smallest absolute Gasteiger partial charge is 0.0794 e. The van der Waals surface area contributed by atoms with Crippen LogP contribution in [0.5, 0.6) is 0 Å². The Balaban J connectivity index is 1.72. The lowest BCUT2D eigenvalue weighted by atomic mass is 9.69. The van der Waals surface area contributed by atoms with Gasteiger partial charge < -0.3 is 5.32 Å². The number of nitrogens with zero attached hydrogens (tertiary/aromatic N) is 1. The Morgan fingerprint density at radius 1 is 1.46 bits per heavy atom. The molecule has 3 heteroatoms. The molecule has 2 atom stereocenters. The number of aromatic nitrogens is 1. The lowest BCUT2D eigenvalue weighted by Crippen LogP contribution is -2.50. The molecule has 1 aromatic rings. The maximum Gasteiger partial charge on any atom is 0.0794 e. The van der Waals surface area contributed by atoms with Gasteiger partial charge in [0.15, 0.2) is 0 Å². The summed E-state index contributed by atoms with van der Waals surface area (Å²) in [6.07, 6.45) is 6.40. The Kier molecular flexibility index (Phi) is 1.87. The first-order chi connectivity index (χ1) is 6.45. The number of hydrogen-bond acceptors (Lipinski definition) is 3. The number of thiazole rings is 1. The molecule has 0 radical (unpaired) electrons. The summed E-state index contributed by atoms with van der Waals surface area (Å²) in [5.74, 6) is 1.92. The molecule has 0 bridgehead atoms. The van der Waals surface area contributed by atoms with Crippen LogP contribution in [0.15, 0.2) is 11.7 Å². The van der Waals surface area contributed by atoms with E-state index in [1.54, 1.807) is 11.3 Å². The van der Waals surface area contributed by atoms with E-state index < -0.39 is 0 Å². The van der Waals surface area contributed by atoms with E-state index in [1.165, 1.54) is 30.7 Å². The fourth-order valence-corrected chi connectivity index (χ4v) is 3.14. The summed E-state index contributed by atoms with van der Waals surface area (Å²) in [7, 11) is 0. The van der Waals surface area contributed by atoms with E-state index >= 15 is 0 Å². The van der Waals surface area contributed by atoms with Gasteiger partial charge in [0.25, 0.3) is 0 Å². The minimum atomic E-state index is 0.637. The summed E-state index contributed by atoms with van der Waals surface area (Å²) in [6, 6.07) is 0.637. The van der Waals surface area contributed by atoms with Crippen molar-refractivity contribution in [2.75, 3.05) is 6.54 Å². The molecular formula is C10H14N2S. The quantitative estimate of drug-likeness (QED) is 0.780. The van der Waals surface area contributed by atoms with Crippen LogP contribution < -0.4 is 5.32 Å². The van der Waals surface area contributed by atoms with Gasteiger partial charge in [-0.15, -0.1) is 11.3 Å². The molecule has 1 N–H and O–H groups in total. The van der Waals surface area contributed by atoms with Crippen molar-refractivity contribution >= 4 is 11.3 Å². The second-order valence-corrected chi connectivity index (χ2v) is 5.06. The van der Waals surface area contributed by atoms with Crippen molar-refractivity contribution in [2.45, 2.75) is 25.3 Å². The van der Waals surface area contributed by atoms with Crippen molar-refractivity contribution < 1.29 is 0 Å². The van der Waals surface area contributed by atoms with Crippen LogP contribution in [-0.2, 0) is 0 Å². The fraction of sp³-hybridized carbons (Fsp3) is 0.700. The highest BCUT2D eigenvalue weighted by atomic mass is 32.1. The first-order valence-corrected chi connectivity index (χ1v) is 5.95. The highest BCUT2D eigenvalue weighted by Crippen LogP contribution is 2.44. The van der Waals surface area contributed by atoms with Crippen LogP contribution in [0.1, 0.15) is 30.2 Å². The first kappa shape index (κ1) is 7.94. The third-order valence-corrected chi connectivity index (χ3v) is 4.37. The van der Waals surface area contributed by atoms with Crippen molar-refractivity contribution in [1.29, 1.82) is 0 Å². The molecule has 0 amide bonds. The van der Waals surface area contributed by atoms with Crippen LogP contribution in [0.25, 0.3) is 0 Å². The highest BCUT2D eigenvalue weighted by Gasteiger charge is 2.40. The third kappa shape index (κ3) is 1.22. The van der Waals surface area contributed by atoms with Crippen LogP contribution in [-0.4, -0.2) is 11.5 Å². The van der Waals surface area contributed by atoms with Gasteiger partial charge in [0.05, 0.1) is 5.51 Å². The fourth-order valence-electron chi connectivity index (χ4n) is 2.37. The van der Waals surface area contributed by atoms with Crippen molar-refractivity contribution in [2.24, 2.45) is 11.8 Å². The van der Waals surface area contributed by atoms with Gasteiger partial charge >= 0.3 is 0 Å². The van der Waals surface area contributed by atoms with Crippen LogP contribution in [0.3, 0.4) is 0 Å². The predicted octanol–water partition coefficient (Wildman–Crippen LogP) is 2.20. The van der Waals surface area contributed by atoms with E-state index in [0.29, 0.717) is 6.04 Å². The molecule has 1 aliphatic heterocycles. The molecule has 1 saturated carbocycles. The molecule has 2 fully saturated rings. The average Bonchev–Trinajstić information content (AvgIpc) is 2.46. The van der Waals surface area contributed by atoms with E-state index in [4.69, 9.17) is 0 Å². The molecule has 0 aromatic carbocycles. The van der Waals surface area contributed by atoms with Crippen molar-refractivity contribution in [3.8, 4) is 0 Å². The minimum Gasteiger partial charge on any atom is -0.309 e. The Labute approximate surface area is 82.4 Å². The predicted molar refractivity (Wildman–Crippen MR) is 53.7 cm³/mol. The second-order valence-electron chi connectivity index (χ2n) is 4.14. The van der Waals surface area contributed by atoms with Gasteiger partial charge in [-0.05, 0) is 11.8 Å². The maximum atomic E-state index is 4.14. The zero-order chi connectivity index (χ0) is 8.67. The van der Waals surface area contributed by atoms with E-state index in [1.807, 2.05) is 11.7 Å². The lowest BCUT2D eigenvalue weighted by Gasteiger charge is -2.46. The van der Waals surface area contributed by atoms with Gasteiger partial charge in [-0.3, -0.25) is 4.98 Å². The van der Waals surface area contributed by atoms with Crippen LogP contribution in [0.2, 0.25) is 0 Å². The summed E-state index contributed by atoms with van der Waals surface area (Å²) in [5, 5.41) is 3.52. The molecule has 2 heterocycles. The van der Waals surface area contributed by atoms with Crippen molar-refractivity contribution in [1.82, 2.24) is 10.3 Å². The van der Waals surface area contributed by atoms with Crippen LogP contribution in [0.4, 0.5) is 0 Å². The summed E-state index contributed by atoms with van der Waals surface area (Å²) >= 11 is 1.79. The molecule has 2 aliphatic rings. The zero-order valence-corrected chi connectivity index (χ0v) is 8.39. The second kappa shape index (κ2) is 3.07. The molecule has 1 aromatic heterocycles. The van der Waals surface area contributed by atoms with E-state index in [-0.39, 0.29) is 0 Å². The van der Waals surface area contributed by atoms with Crippen molar-refractivity contribution in [3.63, 3.8) is 0 Å². The number of hydrogen-bond donors (Lipinski definition) is 1. The SMILES string of the molecule is c1ncc(C2NCC2C2CCC2)s1. The van der Waals surface area contributed by atoms with Gasteiger partial charge in [0.1, 0.15) is 0 Å². The molecular weight excluding hydrogens is 180 g/mol. The van der Waals surface area contributed by atoms with Gasteiger partial charge in [-0.1, -0.05) is 19.3 Å². The Morgan fingerprint density at radius 2 is 2.38 bits per heavy atom. The minimum absolute atomic E-state index is 0.637. The van der Waals surface area contributed by atoms with Crippen molar-refractivity contribution in [3.05, 3.63) is 16.6 Å². The molecule has 70 valence electrons. The first-order valence-electron chi connectivity index (χ1n) is 5.07. The molecule has 2 nitrogen and oxygen atoms in total. The Hall–Kier alpha value is -0.410. The topological polar surface area (TPSA) is 24.9 Å². The lowest BCUT2D eigenvalue weighted by molar-refractivity contribution is 0.0959. The summed E-state index contributed by atoms with van der Waals surface area (Å²) < 4.78 is 0. The van der Waals surface area contributed by atoms with Crippen LogP contribution >= 0.6 is 11.3 Å². The van der Waals surface area contributed by atoms with E-state index in [9.17, 15) is 0 Å². The van der Waals surface area contributed by atoms with Gasteiger partial charge in [-0.2, -0.15) is 0 Å². The largest absolute Gasteiger partial charge is 0.309 e. The molecule has 1 saturated heterocycles. The third-order valence-electron chi connectivity index (χ3n) is 3.51. The maximum absolute atomic E-state index is 4.14. The molecule has 0 spiro atoms. The van der Waals surface area contributed by atoms with Gasteiger partial charge in [0, 0.05) is 23.7 Å². The molecule has 1 aliphatic carbocycles. The zero-order valence-electron chi connectivity index (χ0n) is 7.57. The monoisotopic (exact) mass is 194 g/mol. The van der Waals surface area contributed by atoms with Gasteiger partial charge in [0.2, 0.25) is 0 Å². The summed E-state index contributed by atoms with van der Waals surface area (Å²) in [6.45, 7) is 1.23. The van der Waals surface area contributed by atoms with E-state index in [0.717, 1.165) is 11.8 Å². The normalized spacial score (nSPS) is 33.8. The van der Waals surface area contributed by atoms with Gasteiger partial charge in [-0.25, -0.2) is 0 Å². The highest BCUT2D eigenvalue weighted by molar-refractivity contribution is 7.09. The Morgan fingerprint density at radius 3 is 2.85 bits per heavy atom. The number of rotatable bonds is 2. The Bertz CT molecular complexity index is 279. The summed E-state index contributed by atoms with van der Waals surface area (Å²) in [5.41, 5.74) is 1.94. The van der Waals surface area contributed by atoms with E-state index in [2.05, 4.69) is 10.3 Å². The van der Waals surface area contributed by atoms with Crippen LogP contribution in [0, 0.1) is 11.8 Å².